The van der Waals surface area contributed by atoms with Gasteiger partial charge in [0.2, 0.25) is 0 Å². The molecule has 1 fully saturated rings. The lowest BCUT2D eigenvalue weighted by Crippen LogP contribution is -2.56. The largest absolute Gasteiger partial charge is 0.445 e. The molecule has 0 spiro atoms. The van der Waals surface area contributed by atoms with Crippen LogP contribution in [0.25, 0.3) is 0 Å². The third-order valence-electron chi connectivity index (χ3n) is 5.21. The van der Waals surface area contributed by atoms with Crippen LogP contribution in [0.1, 0.15) is 18.1 Å². The highest BCUT2D eigenvalue weighted by atomic mass is 79.9. The number of hydrogen-bond donors (Lipinski definition) is 1. The van der Waals surface area contributed by atoms with Crippen LogP contribution in [0.3, 0.4) is 0 Å². The molecule has 0 aromatic heterocycles. The molecule has 0 aliphatic carbocycles. The van der Waals surface area contributed by atoms with Crippen LogP contribution < -0.4 is 0 Å². The molecule has 5 nitrogen and oxygen atoms in total. The summed E-state index contributed by atoms with van der Waals surface area (Å²) in [5, 5.41) is 10.1. The van der Waals surface area contributed by atoms with E-state index in [1.165, 1.54) is 0 Å². The number of carbonyl (C=O) groups is 1. The van der Waals surface area contributed by atoms with Gasteiger partial charge in [-0.25, -0.2) is 4.79 Å². The average molecular weight is 433 g/mol. The summed E-state index contributed by atoms with van der Waals surface area (Å²) in [5.74, 6) is 0. The number of benzene rings is 2. The zero-order valence-electron chi connectivity index (χ0n) is 15.5. The summed E-state index contributed by atoms with van der Waals surface area (Å²) in [7, 11) is 0. The maximum absolute atomic E-state index is 12.3. The number of hydrogen-bond acceptors (Lipinski definition) is 4. The van der Waals surface area contributed by atoms with Crippen molar-refractivity contribution in [1.29, 1.82) is 0 Å². The van der Waals surface area contributed by atoms with Gasteiger partial charge in [-0.05, 0) is 30.2 Å². The number of carbonyl (C=O) groups excluding carboxylic acids is 1. The Morgan fingerprint density at radius 2 is 1.70 bits per heavy atom. The molecule has 2 aromatic rings. The van der Waals surface area contributed by atoms with Crippen LogP contribution in [0.5, 0.6) is 0 Å². The van der Waals surface area contributed by atoms with Gasteiger partial charge in [0.25, 0.3) is 0 Å². The molecule has 3 rings (SSSR count). The number of ether oxygens (including phenoxy) is 1. The molecule has 27 heavy (non-hydrogen) atoms. The zero-order chi connectivity index (χ0) is 19.3. The SMILES string of the molecule is CC(CO)(c1ccc(Br)cc1)N1CCN(C(=O)OCc2ccccc2)CC1. The molecular weight excluding hydrogens is 408 g/mol. The van der Waals surface area contributed by atoms with Gasteiger partial charge in [-0.3, -0.25) is 4.90 Å². The summed E-state index contributed by atoms with van der Waals surface area (Å²) in [6.45, 7) is 4.89. The topological polar surface area (TPSA) is 53.0 Å². The van der Waals surface area contributed by atoms with E-state index < -0.39 is 5.54 Å². The van der Waals surface area contributed by atoms with E-state index in [-0.39, 0.29) is 19.3 Å². The molecule has 0 bridgehead atoms. The number of aliphatic hydroxyl groups excluding tert-OH is 1. The molecule has 144 valence electrons. The van der Waals surface area contributed by atoms with Gasteiger partial charge in [-0.2, -0.15) is 0 Å². The summed E-state index contributed by atoms with van der Waals surface area (Å²) in [5.41, 5.74) is 1.57. The predicted octanol–water partition coefficient (Wildman–Crippen LogP) is 3.61. The fourth-order valence-corrected chi connectivity index (χ4v) is 3.64. The standard InChI is InChI=1S/C21H25BrN2O3/c1-21(16-25,18-7-9-19(22)10-8-18)24-13-11-23(12-14-24)20(26)27-15-17-5-3-2-4-6-17/h2-10,25H,11-16H2,1H3. The van der Waals surface area contributed by atoms with Crippen LogP contribution in [0, 0.1) is 0 Å². The smallest absolute Gasteiger partial charge is 0.410 e. The monoisotopic (exact) mass is 432 g/mol. The maximum Gasteiger partial charge on any atom is 0.410 e. The highest BCUT2D eigenvalue weighted by molar-refractivity contribution is 9.10. The fraction of sp³-hybridized carbons (Fsp3) is 0.381. The van der Waals surface area contributed by atoms with E-state index in [1.54, 1.807) is 4.90 Å². The molecule has 1 N–H and O–H groups in total. The first kappa shape index (κ1) is 19.9. The minimum atomic E-state index is -0.471. The van der Waals surface area contributed by atoms with E-state index in [4.69, 9.17) is 4.74 Å². The zero-order valence-corrected chi connectivity index (χ0v) is 17.1. The highest BCUT2D eigenvalue weighted by Gasteiger charge is 2.36. The fourth-order valence-electron chi connectivity index (χ4n) is 3.38. The molecule has 0 radical (unpaired) electrons. The van der Waals surface area contributed by atoms with Crippen molar-refractivity contribution < 1.29 is 14.6 Å². The van der Waals surface area contributed by atoms with Gasteiger partial charge in [-0.1, -0.05) is 58.4 Å². The quantitative estimate of drug-likeness (QED) is 0.783. The molecule has 1 heterocycles. The van der Waals surface area contributed by atoms with Gasteiger partial charge in [0.1, 0.15) is 6.61 Å². The van der Waals surface area contributed by atoms with Crippen LogP contribution in [-0.4, -0.2) is 53.8 Å². The number of nitrogens with zero attached hydrogens (tertiary/aromatic N) is 2. The van der Waals surface area contributed by atoms with E-state index in [1.807, 2.05) is 61.5 Å². The molecule has 1 saturated heterocycles. The van der Waals surface area contributed by atoms with Gasteiger partial charge in [0.15, 0.2) is 0 Å². The van der Waals surface area contributed by atoms with Gasteiger partial charge < -0.3 is 14.7 Å². The third kappa shape index (κ3) is 4.69. The Bertz CT molecular complexity index is 746. The van der Waals surface area contributed by atoms with Gasteiger partial charge in [-0.15, -0.1) is 0 Å². The predicted molar refractivity (Wildman–Crippen MR) is 108 cm³/mol. The average Bonchev–Trinajstić information content (AvgIpc) is 2.73. The Kier molecular flexibility index (Phi) is 6.52. The van der Waals surface area contributed by atoms with E-state index in [0.717, 1.165) is 15.6 Å². The second-order valence-corrected chi connectivity index (χ2v) is 7.87. The van der Waals surface area contributed by atoms with Crippen LogP contribution in [-0.2, 0) is 16.9 Å². The van der Waals surface area contributed by atoms with Crippen molar-refractivity contribution in [3.63, 3.8) is 0 Å². The second-order valence-electron chi connectivity index (χ2n) is 6.95. The lowest BCUT2D eigenvalue weighted by atomic mass is 9.90. The Hall–Kier alpha value is -1.89. The summed E-state index contributed by atoms with van der Waals surface area (Å²) < 4.78 is 6.44. The first-order chi connectivity index (χ1) is 13.0. The Labute approximate surface area is 168 Å². The Morgan fingerprint density at radius 3 is 2.30 bits per heavy atom. The molecule has 0 saturated carbocycles. The first-order valence-electron chi connectivity index (χ1n) is 9.10. The number of rotatable bonds is 5. The van der Waals surface area contributed by atoms with E-state index >= 15 is 0 Å². The number of aliphatic hydroxyl groups is 1. The summed E-state index contributed by atoms with van der Waals surface area (Å²) in [4.78, 5) is 16.3. The normalized spacial score (nSPS) is 17.4. The van der Waals surface area contributed by atoms with Crippen molar-refractivity contribution in [3.05, 3.63) is 70.2 Å². The maximum atomic E-state index is 12.3. The van der Waals surface area contributed by atoms with Crippen LogP contribution >= 0.6 is 15.9 Å². The van der Waals surface area contributed by atoms with Crippen LogP contribution in [0.2, 0.25) is 0 Å². The number of piperazine rings is 1. The minimum absolute atomic E-state index is 0.0209. The number of halogens is 1. The summed E-state index contributed by atoms with van der Waals surface area (Å²) >= 11 is 3.45. The minimum Gasteiger partial charge on any atom is -0.445 e. The summed E-state index contributed by atoms with van der Waals surface area (Å²) in [6, 6.07) is 17.7. The van der Waals surface area contributed by atoms with Crippen LogP contribution in [0.4, 0.5) is 4.79 Å². The molecule has 1 amide bonds. The highest BCUT2D eigenvalue weighted by Crippen LogP contribution is 2.30. The molecule has 1 atom stereocenters. The molecule has 1 aliphatic heterocycles. The van der Waals surface area contributed by atoms with Gasteiger partial charge >= 0.3 is 6.09 Å². The van der Waals surface area contributed by atoms with Gasteiger partial charge in [0.05, 0.1) is 12.1 Å². The third-order valence-corrected chi connectivity index (χ3v) is 5.74. The van der Waals surface area contributed by atoms with Crippen molar-refractivity contribution in [1.82, 2.24) is 9.80 Å². The van der Waals surface area contributed by atoms with E-state index in [2.05, 4.69) is 20.8 Å². The van der Waals surface area contributed by atoms with E-state index in [9.17, 15) is 9.90 Å². The Balaban J connectivity index is 1.57. The van der Waals surface area contributed by atoms with Crippen molar-refractivity contribution >= 4 is 22.0 Å². The van der Waals surface area contributed by atoms with Crippen LogP contribution in [0.15, 0.2) is 59.1 Å². The molecule has 1 unspecified atom stereocenters. The second kappa shape index (κ2) is 8.87. The molecule has 6 heteroatoms. The Morgan fingerprint density at radius 1 is 1.07 bits per heavy atom. The molecule has 2 aromatic carbocycles. The number of amides is 1. The lowest BCUT2D eigenvalue weighted by Gasteiger charge is -2.45. The van der Waals surface area contributed by atoms with Crippen molar-refractivity contribution in [2.24, 2.45) is 0 Å². The van der Waals surface area contributed by atoms with Gasteiger partial charge in [0, 0.05) is 30.7 Å². The lowest BCUT2D eigenvalue weighted by molar-refractivity contribution is 0.000264. The summed E-state index contributed by atoms with van der Waals surface area (Å²) in [6.07, 6.45) is -0.284. The molecule has 1 aliphatic rings. The van der Waals surface area contributed by atoms with Crippen molar-refractivity contribution in [2.75, 3.05) is 32.8 Å². The van der Waals surface area contributed by atoms with Crippen molar-refractivity contribution in [3.8, 4) is 0 Å². The van der Waals surface area contributed by atoms with E-state index in [0.29, 0.717) is 26.2 Å². The first-order valence-corrected chi connectivity index (χ1v) is 9.90. The molecular formula is C21H25BrN2O3. The van der Waals surface area contributed by atoms with Crippen molar-refractivity contribution in [2.45, 2.75) is 19.1 Å².